The average molecular weight is 308 g/mol. The van der Waals surface area contributed by atoms with Crippen molar-refractivity contribution in [2.24, 2.45) is 0 Å². The highest BCUT2D eigenvalue weighted by molar-refractivity contribution is 7.86. The second kappa shape index (κ2) is 11.5. The minimum atomic E-state index is -3.99. The van der Waals surface area contributed by atoms with Gasteiger partial charge < -0.3 is 0 Å². The van der Waals surface area contributed by atoms with Gasteiger partial charge in [0.15, 0.2) is 0 Å². The Morgan fingerprint density at radius 1 is 0.900 bits per heavy atom. The SMILES string of the molecule is CCCCCCCC(CCCC)NC(CC)S(=O)(=O)O. The van der Waals surface area contributed by atoms with Crippen molar-refractivity contribution in [2.45, 2.75) is 96.4 Å². The average Bonchev–Trinajstić information content (AvgIpc) is 2.39. The number of hydrogen-bond acceptors (Lipinski definition) is 3. The first kappa shape index (κ1) is 19.9. The van der Waals surface area contributed by atoms with Gasteiger partial charge in [-0.25, -0.2) is 0 Å². The van der Waals surface area contributed by atoms with Gasteiger partial charge in [-0.3, -0.25) is 9.87 Å². The lowest BCUT2D eigenvalue weighted by atomic mass is 10.0. The molecule has 0 saturated heterocycles. The second-order valence-electron chi connectivity index (χ2n) is 5.62. The molecule has 0 aliphatic carbocycles. The Kier molecular flexibility index (Phi) is 11.4. The summed E-state index contributed by atoms with van der Waals surface area (Å²) < 4.78 is 31.8. The maximum Gasteiger partial charge on any atom is 0.281 e. The van der Waals surface area contributed by atoms with Crippen molar-refractivity contribution in [1.29, 1.82) is 0 Å². The third-order valence-electron chi connectivity index (χ3n) is 3.71. The minimum Gasteiger partial charge on any atom is -0.296 e. The van der Waals surface area contributed by atoms with Crippen molar-refractivity contribution >= 4 is 10.1 Å². The van der Waals surface area contributed by atoms with Gasteiger partial charge >= 0.3 is 0 Å². The van der Waals surface area contributed by atoms with E-state index in [1.807, 2.05) is 0 Å². The fourth-order valence-corrected chi connectivity index (χ4v) is 3.22. The Morgan fingerprint density at radius 3 is 1.95 bits per heavy atom. The van der Waals surface area contributed by atoms with Gasteiger partial charge in [-0.1, -0.05) is 65.7 Å². The van der Waals surface area contributed by atoms with Crippen molar-refractivity contribution in [2.75, 3.05) is 0 Å². The Balaban J connectivity index is 4.25. The lowest BCUT2D eigenvalue weighted by Gasteiger charge is -2.23. The molecular weight excluding hydrogens is 274 g/mol. The van der Waals surface area contributed by atoms with Gasteiger partial charge in [0.1, 0.15) is 5.37 Å². The molecule has 0 bridgehead atoms. The molecule has 2 N–H and O–H groups in total. The molecule has 0 amide bonds. The molecule has 0 aliphatic heterocycles. The molecule has 0 spiro atoms. The van der Waals surface area contributed by atoms with Gasteiger partial charge in [-0.2, -0.15) is 8.42 Å². The maximum absolute atomic E-state index is 11.3. The van der Waals surface area contributed by atoms with Gasteiger partial charge in [0.05, 0.1) is 0 Å². The Morgan fingerprint density at radius 2 is 1.45 bits per heavy atom. The molecule has 20 heavy (non-hydrogen) atoms. The molecule has 0 aliphatic rings. The van der Waals surface area contributed by atoms with Gasteiger partial charge in [-0.15, -0.1) is 0 Å². The van der Waals surface area contributed by atoms with Crippen LogP contribution in [0.2, 0.25) is 0 Å². The highest BCUT2D eigenvalue weighted by atomic mass is 32.2. The number of unbranched alkanes of at least 4 members (excludes halogenated alkanes) is 5. The van der Waals surface area contributed by atoms with E-state index in [-0.39, 0.29) is 6.04 Å². The van der Waals surface area contributed by atoms with Gasteiger partial charge in [0, 0.05) is 6.04 Å². The zero-order valence-electron chi connectivity index (χ0n) is 13.4. The summed E-state index contributed by atoms with van der Waals surface area (Å²) in [7, 11) is -3.99. The number of hydrogen-bond donors (Lipinski definition) is 2. The topological polar surface area (TPSA) is 66.4 Å². The standard InChI is InChI=1S/C15H33NO3S/c1-4-7-9-10-11-13-14(12-8-5-2)16-15(6-3)20(17,18)19/h14-16H,4-13H2,1-3H3,(H,17,18,19). The molecule has 0 rings (SSSR count). The fourth-order valence-electron chi connectivity index (χ4n) is 2.43. The third kappa shape index (κ3) is 9.72. The van der Waals surface area contributed by atoms with Crippen molar-refractivity contribution in [3.8, 4) is 0 Å². The molecular formula is C15H33NO3S. The largest absolute Gasteiger partial charge is 0.296 e. The number of rotatable bonds is 13. The highest BCUT2D eigenvalue weighted by Crippen LogP contribution is 2.14. The minimum absolute atomic E-state index is 0.198. The van der Waals surface area contributed by atoms with Crippen molar-refractivity contribution in [3.05, 3.63) is 0 Å². The van der Waals surface area contributed by atoms with E-state index in [9.17, 15) is 13.0 Å². The van der Waals surface area contributed by atoms with Crippen LogP contribution in [0.1, 0.15) is 85.0 Å². The Labute approximate surface area is 125 Å². The second-order valence-corrected chi connectivity index (χ2v) is 7.22. The quantitative estimate of drug-likeness (QED) is 0.397. The van der Waals surface area contributed by atoms with Crippen LogP contribution in [-0.4, -0.2) is 24.4 Å². The van der Waals surface area contributed by atoms with E-state index in [2.05, 4.69) is 19.2 Å². The summed E-state index contributed by atoms with van der Waals surface area (Å²) in [6, 6.07) is 0.198. The molecule has 0 aromatic heterocycles. The molecule has 2 unspecified atom stereocenters. The van der Waals surface area contributed by atoms with Crippen molar-refractivity contribution in [1.82, 2.24) is 5.32 Å². The number of nitrogens with one attached hydrogen (secondary N) is 1. The van der Waals surface area contributed by atoms with E-state index >= 15 is 0 Å². The third-order valence-corrected chi connectivity index (χ3v) is 4.90. The molecule has 0 heterocycles. The highest BCUT2D eigenvalue weighted by Gasteiger charge is 2.23. The molecule has 2 atom stereocenters. The van der Waals surface area contributed by atoms with Gasteiger partial charge in [-0.05, 0) is 19.3 Å². The zero-order chi connectivity index (χ0) is 15.4. The molecule has 0 fully saturated rings. The molecule has 0 saturated carbocycles. The summed E-state index contributed by atoms with van der Waals surface area (Å²) in [4.78, 5) is 0. The summed E-state index contributed by atoms with van der Waals surface area (Å²) in [6.07, 6.45) is 10.7. The summed E-state index contributed by atoms with van der Waals surface area (Å²) in [5, 5.41) is 2.31. The van der Waals surface area contributed by atoms with Crippen molar-refractivity contribution in [3.63, 3.8) is 0 Å². The Bertz CT molecular complexity index is 317. The summed E-state index contributed by atoms with van der Waals surface area (Å²) in [5.74, 6) is 0. The molecule has 122 valence electrons. The van der Waals surface area contributed by atoms with Crippen LogP contribution < -0.4 is 5.32 Å². The molecule has 5 heteroatoms. The van der Waals surface area contributed by atoms with Crippen molar-refractivity contribution < 1.29 is 13.0 Å². The first-order valence-electron chi connectivity index (χ1n) is 8.18. The summed E-state index contributed by atoms with van der Waals surface area (Å²) in [5.41, 5.74) is 0. The first-order chi connectivity index (χ1) is 9.45. The van der Waals surface area contributed by atoms with Crippen LogP contribution in [0.4, 0.5) is 0 Å². The van der Waals surface area contributed by atoms with E-state index in [0.29, 0.717) is 6.42 Å². The zero-order valence-corrected chi connectivity index (χ0v) is 14.2. The van der Waals surface area contributed by atoms with Crippen LogP contribution in [0.3, 0.4) is 0 Å². The predicted octanol–water partition coefficient (Wildman–Crippen LogP) is 4.12. The first-order valence-corrected chi connectivity index (χ1v) is 9.68. The smallest absolute Gasteiger partial charge is 0.281 e. The monoisotopic (exact) mass is 307 g/mol. The lowest BCUT2D eigenvalue weighted by molar-refractivity contribution is 0.379. The van der Waals surface area contributed by atoms with Crippen LogP contribution >= 0.6 is 0 Å². The molecule has 0 aromatic carbocycles. The maximum atomic E-state index is 11.3. The van der Waals surface area contributed by atoms with E-state index in [0.717, 1.165) is 32.1 Å². The summed E-state index contributed by atoms with van der Waals surface area (Å²) >= 11 is 0. The van der Waals surface area contributed by atoms with E-state index < -0.39 is 15.5 Å². The van der Waals surface area contributed by atoms with Gasteiger partial charge in [0.2, 0.25) is 0 Å². The summed E-state index contributed by atoms with van der Waals surface area (Å²) in [6.45, 7) is 6.12. The van der Waals surface area contributed by atoms with Crippen LogP contribution in [0.5, 0.6) is 0 Å². The molecule has 4 nitrogen and oxygen atoms in total. The van der Waals surface area contributed by atoms with Crippen LogP contribution in [0, 0.1) is 0 Å². The predicted molar refractivity (Wildman–Crippen MR) is 85.5 cm³/mol. The normalized spacial score (nSPS) is 15.2. The van der Waals surface area contributed by atoms with Crippen LogP contribution in [0.15, 0.2) is 0 Å². The lowest BCUT2D eigenvalue weighted by Crippen LogP contribution is -2.42. The molecule has 0 radical (unpaired) electrons. The van der Waals surface area contributed by atoms with E-state index in [4.69, 9.17) is 0 Å². The molecule has 0 aromatic rings. The van der Waals surface area contributed by atoms with Crippen LogP contribution in [0.25, 0.3) is 0 Å². The van der Waals surface area contributed by atoms with Gasteiger partial charge in [0.25, 0.3) is 10.1 Å². The van der Waals surface area contributed by atoms with E-state index in [1.165, 1.54) is 25.7 Å². The van der Waals surface area contributed by atoms with E-state index in [1.54, 1.807) is 6.92 Å². The Hall–Kier alpha value is -0.130. The fraction of sp³-hybridized carbons (Fsp3) is 1.00. The van der Waals surface area contributed by atoms with Crippen LogP contribution in [-0.2, 0) is 10.1 Å².